The van der Waals surface area contributed by atoms with Gasteiger partial charge in [0.2, 0.25) is 0 Å². The average Bonchev–Trinajstić information content (AvgIpc) is 2.97. The van der Waals surface area contributed by atoms with Crippen LogP contribution in [-0.4, -0.2) is 19.6 Å². The number of nitrogens with zero attached hydrogens (tertiary/aromatic N) is 1. The van der Waals surface area contributed by atoms with Crippen LogP contribution >= 0.6 is 0 Å². The molecule has 0 aromatic heterocycles. The van der Waals surface area contributed by atoms with Crippen LogP contribution in [-0.2, 0) is 6.54 Å². The SMILES string of the molecule is CC(C)C(CNCc1ccccc1N1CCCC1)C(C)C. The van der Waals surface area contributed by atoms with E-state index in [9.17, 15) is 0 Å². The number of para-hydroxylation sites is 1. The second-order valence-corrected chi connectivity index (χ2v) is 7.11. The molecule has 1 aliphatic heterocycles. The Bertz CT molecular complexity index is 411. The number of benzene rings is 1. The molecule has 1 aromatic carbocycles. The number of hydrogen-bond acceptors (Lipinski definition) is 2. The number of anilines is 1. The van der Waals surface area contributed by atoms with E-state index in [1.807, 2.05) is 0 Å². The maximum Gasteiger partial charge on any atom is 0.0411 e. The van der Waals surface area contributed by atoms with E-state index in [0.717, 1.165) is 30.8 Å². The molecule has 1 saturated heterocycles. The third-order valence-electron chi connectivity index (χ3n) is 4.85. The summed E-state index contributed by atoms with van der Waals surface area (Å²) in [7, 11) is 0. The minimum absolute atomic E-state index is 0.742. The van der Waals surface area contributed by atoms with E-state index >= 15 is 0 Å². The molecular formula is C19H32N2. The van der Waals surface area contributed by atoms with Crippen LogP contribution in [0.4, 0.5) is 5.69 Å². The Kier molecular flexibility index (Phi) is 6.10. The Labute approximate surface area is 130 Å². The Hall–Kier alpha value is -1.02. The minimum Gasteiger partial charge on any atom is -0.371 e. The summed E-state index contributed by atoms with van der Waals surface area (Å²) in [5, 5.41) is 3.70. The molecule has 2 rings (SSSR count). The zero-order valence-corrected chi connectivity index (χ0v) is 14.2. The van der Waals surface area contributed by atoms with Crippen molar-refractivity contribution in [2.45, 2.75) is 47.1 Å². The van der Waals surface area contributed by atoms with E-state index in [2.05, 4.69) is 62.2 Å². The van der Waals surface area contributed by atoms with E-state index < -0.39 is 0 Å². The molecule has 1 aromatic rings. The zero-order valence-electron chi connectivity index (χ0n) is 14.2. The van der Waals surface area contributed by atoms with Crippen molar-refractivity contribution in [2.24, 2.45) is 17.8 Å². The second-order valence-electron chi connectivity index (χ2n) is 7.11. The van der Waals surface area contributed by atoms with Gasteiger partial charge in [-0.2, -0.15) is 0 Å². The summed E-state index contributed by atoms with van der Waals surface area (Å²) in [5.74, 6) is 2.24. The van der Waals surface area contributed by atoms with Crippen molar-refractivity contribution < 1.29 is 0 Å². The minimum atomic E-state index is 0.742. The lowest BCUT2D eigenvalue weighted by atomic mass is 9.85. The fourth-order valence-electron chi connectivity index (χ4n) is 3.54. The molecule has 0 spiro atoms. The van der Waals surface area contributed by atoms with Gasteiger partial charge in [0.1, 0.15) is 0 Å². The summed E-state index contributed by atoms with van der Waals surface area (Å²) >= 11 is 0. The fraction of sp³-hybridized carbons (Fsp3) is 0.684. The van der Waals surface area contributed by atoms with Crippen LogP contribution in [0.15, 0.2) is 24.3 Å². The molecule has 1 heterocycles. The molecule has 0 unspecified atom stereocenters. The van der Waals surface area contributed by atoms with Gasteiger partial charge in [-0.25, -0.2) is 0 Å². The average molecular weight is 288 g/mol. The highest BCUT2D eigenvalue weighted by Gasteiger charge is 2.18. The normalized spacial score (nSPS) is 15.7. The van der Waals surface area contributed by atoms with Crippen LogP contribution in [0.3, 0.4) is 0 Å². The number of rotatable bonds is 7. The molecule has 21 heavy (non-hydrogen) atoms. The topological polar surface area (TPSA) is 15.3 Å². The van der Waals surface area contributed by atoms with Crippen LogP contribution in [0.25, 0.3) is 0 Å². The summed E-state index contributed by atoms with van der Waals surface area (Å²) in [4.78, 5) is 2.54. The van der Waals surface area contributed by atoms with Gasteiger partial charge in [-0.05, 0) is 48.8 Å². The molecule has 2 heteroatoms. The summed E-state index contributed by atoms with van der Waals surface area (Å²) in [6.45, 7) is 13.9. The fourth-order valence-corrected chi connectivity index (χ4v) is 3.54. The van der Waals surface area contributed by atoms with Crippen molar-refractivity contribution in [3.63, 3.8) is 0 Å². The van der Waals surface area contributed by atoms with Gasteiger partial charge in [-0.15, -0.1) is 0 Å². The van der Waals surface area contributed by atoms with E-state index in [0.29, 0.717) is 0 Å². The van der Waals surface area contributed by atoms with Crippen LogP contribution in [0, 0.1) is 17.8 Å². The lowest BCUT2D eigenvalue weighted by molar-refractivity contribution is 0.275. The third-order valence-corrected chi connectivity index (χ3v) is 4.85. The van der Waals surface area contributed by atoms with Gasteiger partial charge in [-0.1, -0.05) is 45.9 Å². The predicted molar refractivity (Wildman–Crippen MR) is 92.8 cm³/mol. The molecule has 0 amide bonds. The van der Waals surface area contributed by atoms with E-state index in [1.165, 1.54) is 37.2 Å². The van der Waals surface area contributed by atoms with Gasteiger partial charge in [0.25, 0.3) is 0 Å². The summed E-state index contributed by atoms with van der Waals surface area (Å²) in [6, 6.07) is 8.90. The van der Waals surface area contributed by atoms with E-state index in [4.69, 9.17) is 0 Å². The largest absolute Gasteiger partial charge is 0.371 e. The second kappa shape index (κ2) is 7.84. The Balaban J connectivity index is 1.94. The monoisotopic (exact) mass is 288 g/mol. The van der Waals surface area contributed by atoms with Gasteiger partial charge in [0.15, 0.2) is 0 Å². The summed E-state index contributed by atoms with van der Waals surface area (Å²) < 4.78 is 0. The van der Waals surface area contributed by atoms with Gasteiger partial charge in [0, 0.05) is 25.3 Å². The summed E-state index contributed by atoms with van der Waals surface area (Å²) in [6.07, 6.45) is 2.68. The predicted octanol–water partition coefficient (Wildman–Crippen LogP) is 4.30. The highest BCUT2D eigenvalue weighted by molar-refractivity contribution is 5.54. The number of hydrogen-bond donors (Lipinski definition) is 1. The summed E-state index contributed by atoms with van der Waals surface area (Å²) in [5.41, 5.74) is 2.89. The molecule has 0 bridgehead atoms. The Morgan fingerprint density at radius 1 is 1.00 bits per heavy atom. The standard InChI is InChI=1S/C19H32N2/c1-15(2)18(16(3)4)14-20-13-17-9-5-6-10-19(17)21-11-7-8-12-21/h5-6,9-10,15-16,18,20H,7-8,11-14H2,1-4H3. The Morgan fingerprint density at radius 2 is 1.62 bits per heavy atom. The smallest absolute Gasteiger partial charge is 0.0411 e. The lowest BCUT2D eigenvalue weighted by Crippen LogP contribution is -2.30. The maximum absolute atomic E-state index is 3.70. The van der Waals surface area contributed by atoms with Gasteiger partial charge < -0.3 is 10.2 Å². The van der Waals surface area contributed by atoms with Gasteiger partial charge >= 0.3 is 0 Å². The quantitative estimate of drug-likeness (QED) is 0.804. The van der Waals surface area contributed by atoms with E-state index in [-0.39, 0.29) is 0 Å². The van der Waals surface area contributed by atoms with Crippen LogP contribution in [0.5, 0.6) is 0 Å². The lowest BCUT2D eigenvalue weighted by Gasteiger charge is -2.26. The molecular weight excluding hydrogens is 256 g/mol. The van der Waals surface area contributed by atoms with Crippen molar-refractivity contribution in [2.75, 3.05) is 24.5 Å². The highest BCUT2D eigenvalue weighted by atomic mass is 15.1. The first-order chi connectivity index (χ1) is 10.1. The van der Waals surface area contributed by atoms with Crippen LogP contribution < -0.4 is 10.2 Å². The van der Waals surface area contributed by atoms with Crippen molar-refractivity contribution in [3.8, 4) is 0 Å². The highest BCUT2D eigenvalue weighted by Crippen LogP contribution is 2.25. The van der Waals surface area contributed by atoms with Crippen molar-refractivity contribution >= 4 is 5.69 Å². The molecule has 0 atom stereocenters. The molecule has 1 aliphatic rings. The Morgan fingerprint density at radius 3 is 2.24 bits per heavy atom. The van der Waals surface area contributed by atoms with Crippen molar-refractivity contribution in [3.05, 3.63) is 29.8 Å². The first-order valence-corrected chi connectivity index (χ1v) is 8.63. The van der Waals surface area contributed by atoms with Crippen LogP contribution in [0.1, 0.15) is 46.1 Å². The first-order valence-electron chi connectivity index (χ1n) is 8.63. The van der Waals surface area contributed by atoms with Crippen molar-refractivity contribution in [1.82, 2.24) is 5.32 Å². The molecule has 1 N–H and O–H groups in total. The molecule has 0 radical (unpaired) electrons. The van der Waals surface area contributed by atoms with E-state index in [1.54, 1.807) is 0 Å². The molecule has 2 nitrogen and oxygen atoms in total. The van der Waals surface area contributed by atoms with Crippen LogP contribution in [0.2, 0.25) is 0 Å². The zero-order chi connectivity index (χ0) is 15.2. The molecule has 0 saturated carbocycles. The number of nitrogens with one attached hydrogen (secondary N) is 1. The third kappa shape index (κ3) is 4.47. The van der Waals surface area contributed by atoms with Crippen molar-refractivity contribution in [1.29, 1.82) is 0 Å². The van der Waals surface area contributed by atoms with Gasteiger partial charge in [-0.3, -0.25) is 0 Å². The maximum atomic E-state index is 3.70. The molecule has 0 aliphatic carbocycles. The van der Waals surface area contributed by atoms with Gasteiger partial charge in [0.05, 0.1) is 0 Å². The first kappa shape index (κ1) is 16.4. The molecule has 1 fully saturated rings. The molecule has 118 valence electrons.